The number of halogens is 6. The molecule has 2 N–H and O–H groups in total. The lowest BCUT2D eigenvalue weighted by atomic mass is 9.92. The van der Waals surface area contributed by atoms with Crippen molar-refractivity contribution in [1.82, 2.24) is 10.2 Å². The lowest BCUT2D eigenvalue weighted by molar-refractivity contribution is -0.142. The van der Waals surface area contributed by atoms with Crippen molar-refractivity contribution in [2.24, 2.45) is 0 Å². The number of aromatic nitrogens is 2. The molecule has 0 bridgehead atoms. The van der Waals surface area contributed by atoms with Crippen LogP contribution in [0.15, 0.2) is 24.3 Å². The van der Waals surface area contributed by atoms with Crippen LogP contribution in [0, 0.1) is 6.92 Å². The minimum atomic E-state index is -4.99. The van der Waals surface area contributed by atoms with E-state index in [-0.39, 0.29) is 17.8 Å². The summed E-state index contributed by atoms with van der Waals surface area (Å²) in [6, 6.07) is 2.53. The Morgan fingerprint density at radius 2 is 1.66 bits per heavy atom. The van der Waals surface area contributed by atoms with E-state index in [0.717, 1.165) is 25.3 Å². The van der Waals surface area contributed by atoms with Crippen LogP contribution in [-0.4, -0.2) is 27.4 Å². The Bertz CT molecular complexity index is 881. The summed E-state index contributed by atoms with van der Waals surface area (Å²) >= 11 is 0. The summed E-state index contributed by atoms with van der Waals surface area (Å²) in [6.07, 6.45) is -7.23. The molecule has 1 aliphatic carbocycles. The average Bonchev–Trinajstić information content (AvgIpc) is 2.63. The van der Waals surface area contributed by atoms with Gasteiger partial charge >= 0.3 is 12.4 Å². The topological polar surface area (TPSA) is 58.0 Å². The largest absolute Gasteiger partial charge is 0.417 e. The molecule has 1 fully saturated rings. The maximum Gasteiger partial charge on any atom is 0.417 e. The molecular weight excluding hydrogens is 400 g/mol. The van der Waals surface area contributed by atoms with Crippen LogP contribution in [0.25, 0.3) is 11.3 Å². The zero-order valence-corrected chi connectivity index (χ0v) is 15.4. The summed E-state index contributed by atoms with van der Waals surface area (Å²) in [4.78, 5) is 0. The Kier molecular flexibility index (Phi) is 5.75. The zero-order chi connectivity index (χ0) is 21.4. The molecule has 2 aromatic rings. The van der Waals surface area contributed by atoms with Gasteiger partial charge in [-0.05, 0) is 43.5 Å². The Balaban J connectivity index is 1.95. The van der Waals surface area contributed by atoms with Gasteiger partial charge in [-0.2, -0.15) is 26.3 Å². The molecule has 1 saturated carbocycles. The minimum Gasteiger partial charge on any atom is -0.391 e. The van der Waals surface area contributed by atoms with Gasteiger partial charge in [-0.25, -0.2) is 0 Å². The van der Waals surface area contributed by atoms with E-state index in [4.69, 9.17) is 0 Å². The summed E-state index contributed by atoms with van der Waals surface area (Å²) < 4.78 is 78.6. The van der Waals surface area contributed by atoms with Crippen LogP contribution >= 0.6 is 0 Å². The lowest BCUT2D eigenvalue weighted by Gasteiger charge is -2.29. The van der Waals surface area contributed by atoms with E-state index < -0.39 is 35.1 Å². The molecule has 29 heavy (non-hydrogen) atoms. The second kappa shape index (κ2) is 7.81. The number of aliphatic hydroxyl groups is 1. The molecule has 10 heteroatoms. The van der Waals surface area contributed by atoms with Crippen LogP contribution in [0.2, 0.25) is 0 Å². The molecule has 1 heterocycles. The highest BCUT2D eigenvalue weighted by atomic mass is 19.4. The molecule has 1 aromatic heterocycles. The van der Waals surface area contributed by atoms with E-state index in [1.807, 2.05) is 0 Å². The molecule has 1 aliphatic rings. The monoisotopic (exact) mass is 419 g/mol. The van der Waals surface area contributed by atoms with Crippen LogP contribution in [0.3, 0.4) is 0 Å². The smallest absolute Gasteiger partial charge is 0.391 e. The zero-order valence-electron chi connectivity index (χ0n) is 15.4. The third-order valence-corrected chi connectivity index (χ3v) is 4.96. The normalized spacial score (nSPS) is 20.6. The van der Waals surface area contributed by atoms with Crippen molar-refractivity contribution in [1.29, 1.82) is 0 Å². The number of alkyl halides is 6. The molecule has 1 aromatic carbocycles. The number of aliphatic hydroxyl groups excluding tert-OH is 1. The molecule has 0 saturated heterocycles. The molecule has 0 radical (unpaired) electrons. The summed E-state index contributed by atoms with van der Waals surface area (Å²) in [7, 11) is 0. The first-order chi connectivity index (χ1) is 13.5. The van der Waals surface area contributed by atoms with Crippen molar-refractivity contribution in [2.45, 2.75) is 57.1 Å². The van der Waals surface area contributed by atoms with E-state index in [1.54, 1.807) is 6.92 Å². The van der Waals surface area contributed by atoms with Crippen molar-refractivity contribution in [3.8, 4) is 11.3 Å². The quantitative estimate of drug-likeness (QED) is 0.671. The molecule has 0 unspecified atom stereocenters. The number of anilines is 1. The first-order valence-electron chi connectivity index (χ1n) is 9.04. The van der Waals surface area contributed by atoms with Gasteiger partial charge in [0.05, 0.1) is 29.0 Å². The molecule has 0 aliphatic heterocycles. The van der Waals surface area contributed by atoms with E-state index in [1.165, 1.54) is 6.07 Å². The molecular formula is C19H19F6N3O. The first-order valence-corrected chi connectivity index (χ1v) is 9.04. The molecule has 2 atom stereocenters. The third-order valence-electron chi connectivity index (χ3n) is 4.96. The van der Waals surface area contributed by atoms with Crippen LogP contribution in [0.5, 0.6) is 0 Å². The Morgan fingerprint density at radius 3 is 2.24 bits per heavy atom. The van der Waals surface area contributed by atoms with Crippen LogP contribution in [0.1, 0.15) is 42.4 Å². The van der Waals surface area contributed by atoms with Gasteiger partial charge in [0.1, 0.15) is 0 Å². The van der Waals surface area contributed by atoms with Crippen molar-refractivity contribution < 1.29 is 31.4 Å². The number of hydrogen-bond donors (Lipinski definition) is 2. The Labute approximate surface area is 163 Å². The first kappa shape index (κ1) is 21.4. The third kappa shape index (κ3) is 4.80. The predicted octanol–water partition coefficient (Wildman–Crippen LogP) is 5.21. The van der Waals surface area contributed by atoms with Gasteiger partial charge in [0.15, 0.2) is 5.82 Å². The fraction of sp³-hybridized carbons (Fsp3) is 0.474. The molecule has 3 rings (SSSR count). The van der Waals surface area contributed by atoms with Gasteiger partial charge in [-0.3, -0.25) is 0 Å². The lowest BCUT2D eigenvalue weighted by Crippen LogP contribution is -2.36. The van der Waals surface area contributed by atoms with Gasteiger partial charge in [-0.1, -0.05) is 18.9 Å². The van der Waals surface area contributed by atoms with E-state index in [2.05, 4.69) is 15.5 Å². The van der Waals surface area contributed by atoms with Gasteiger partial charge < -0.3 is 10.4 Å². The van der Waals surface area contributed by atoms with Gasteiger partial charge in [0.25, 0.3) is 0 Å². The summed E-state index contributed by atoms with van der Waals surface area (Å²) in [6.45, 7) is 1.60. The highest BCUT2D eigenvalue weighted by Gasteiger charge is 2.38. The van der Waals surface area contributed by atoms with E-state index >= 15 is 0 Å². The second-order valence-electron chi connectivity index (χ2n) is 7.12. The number of nitrogens with one attached hydrogen (secondary N) is 1. The van der Waals surface area contributed by atoms with Crippen LogP contribution < -0.4 is 5.32 Å². The second-order valence-corrected chi connectivity index (χ2v) is 7.12. The van der Waals surface area contributed by atoms with Crippen molar-refractivity contribution in [3.05, 3.63) is 41.0 Å². The van der Waals surface area contributed by atoms with Crippen molar-refractivity contribution in [3.63, 3.8) is 0 Å². The fourth-order valence-corrected chi connectivity index (χ4v) is 3.39. The van der Waals surface area contributed by atoms with Crippen molar-refractivity contribution in [2.75, 3.05) is 5.32 Å². The molecule has 158 valence electrons. The highest BCUT2D eigenvalue weighted by molar-refractivity contribution is 5.67. The average molecular weight is 419 g/mol. The Morgan fingerprint density at radius 1 is 0.966 bits per heavy atom. The van der Waals surface area contributed by atoms with E-state index in [0.29, 0.717) is 23.9 Å². The predicted molar refractivity (Wildman–Crippen MR) is 94.1 cm³/mol. The number of hydrogen-bond acceptors (Lipinski definition) is 4. The SMILES string of the molecule is Cc1cc(-c2ccc(C(F)(F)F)cc2C(F)(F)F)nnc1N[C@@H]1CCCC[C@H]1O. The number of benzene rings is 1. The minimum absolute atomic E-state index is 0.0803. The van der Waals surface area contributed by atoms with Gasteiger partial charge in [0, 0.05) is 5.56 Å². The fourth-order valence-electron chi connectivity index (χ4n) is 3.39. The number of nitrogens with zero attached hydrogens (tertiary/aromatic N) is 2. The summed E-state index contributed by atoms with van der Waals surface area (Å²) in [5, 5.41) is 20.8. The van der Waals surface area contributed by atoms with Gasteiger partial charge in [0.2, 0.25) is 0 Å². The van der Waals surface area contributed by atoms with Crippen LogP contribution in [-0.2, 0) is 12.4 Å². The van der Waals surface area contributed by atoms with Crippen molar-refractivity contribution >= 4 is 5.82 Å². The molecule has 0 spiro atoms. The standard InChI is InChI=1S/C19H19F6N3O/c1-10-8-15(27-28-17(10)26-14-4-2-3-5-16(14)29)12-7-6-11(18(20,21)22)9-13(12)19(23,24)25/h6-9,14,16,29H,2-5H2,1H3,(H,26,28)/t14-,16-/m1/s1. The van der Waals surface area contributed by atoms with Gasteiger partial charge in [-0.15, -0.1) is 10.2 Å². The summed E-state index contributed by atoms with van der Waals surface area (Å²) in [5.74, 6) is 0.320. The number of aryl methyl sites for hydroxylation is 1. The van der Waals surface area contributed by atoms with Crippen LogP contribution in [0.4, 0.5) is 32.2 Å². The summed E-state index contributed by atoms with van der Waals surface area (Å²) in [5.41, 5.74) is -3.00. The molecule has 0 amide bonds. The maximum absolute atomic E-state index is 13.4. The maximum atomic E-state index is 13.4. The highest BCUT2D eigenvalue weighted by Crippen LogP contribution is 2.40. The number of rotatable bonds is 3. The Hall–Kier alpha value is -2.36. The molecule has 4 nitrogen and oxygen atoms in total. The van der Waals surface area contributed by atoms with E-state index in [9.17, 15) is 31.4 Å².